The molecule has 0 unspecified atom stereocenters. The molecule has 0 fully saturated rings. The molecule has 0 saturated heterocycles. The maximum Gasteiger partial charge on any atom is 0.335 e. The maximum absolute atomic E-state index is 10.7. The lowest BCUT2D eigenvalue weighted by atomic mass is 10.2. The van der Waals surface area contributed by atoms with Crippen LogP contribution in [0.5, 0.6) is 0 Å². The molecular formula is C10H7ClN2O2S2. The molecule has 0 aliphatic carbocycles. The highest BCUT2D eigenvalue weighted by atomic mass is 35.5. The number of thioether (sulfide) groups is 1. The van der Waals surface area contributed by atoms with Gasteiger partial charge < -0.3 is 5.11 Å². The van der Waals surface area contributed by atoms with E-state index in [9.17, 15) is 4.79 Å². The van der Waals surface area contributed by atoms with Crippen LogP contribution in [-0.2, 0) is 5.75 Å². The Labute approximate surface area is 111 Å². The first-order chi connectivity index (χ1) is 8.16. The first kappa shape index (κ1) is 12.3. The molecule has 2 aromatic rings. The lowest BCUT2D eigenvalue weighted by Gasteiger charge is -2.00. The minimum atomic E-state index is -0.923. The molecule has 0 bridgehead atoms. The molecule has 0 radical (unpaired) electrons. The summed E-state index contributed by atoms with van der Waals surface area (Å²) in [6.07, 6.45) is 0. The fourth-order valence-corrected chi connectivity index (χ4v) is 2.76. The highest BCUT2D eigenvalue weighted by Crippen LogP contribution is 2.27. The summed E-state index contributed by atoms with van der Waals surface area (Å²) >= 11 is 8.57. The van der Waals surface area contributed by atoms with Crippen LogP contribution in [0.4, 0.5) is 0 Å². The molecule has 0 atom stereocenters. The van der Waals surface area contributed by atoms with Crippen LogP contribution in [0.25, 0.3) is 0 Å². The Balaban J connectivity index is 2.00. The van der Waals surface area contributed by atoms with Crippen molar-refractivity contribution in [1.82, 2.24) is 9.59 Å². The maximum atomic E-state index is 10.7. The Morgan fingerprint density at radius 3 is 2.65 bits per heavy atom. The molecule has 17 heavy (non-hydrogen) atoms. The van der Waals surface area contributed by atoms with Crippen molar-refractivity contribution < 1.29 is 9.90 Å². The third-order valence-electron chi connectivity index (χ3n) is 1.99. The molecule has 1 heterocycles. The molecule has 1 aromatic carbocycles. The first-order valence-electron chi connectivity index (χ1n) is 4.59. The number of carboxylic acids is 1. The van der Waals surface area contributed by atoms with Crippen molar-refractivity contribution in [3.8, 4) is 0 Å². The van der Waals surface area contributed by atoms with Gasteiger partial charge in [-0.2, -0.15) is 0 Å². The van der Waals surface area contributed by atoms with E-state index in [1.54, 1.807) is 24.3 Å². The van der Waals surface area contributed by atoms with Gasteiger partial charge in [-0.3, -0.25) is 0 Å². The van der Waals surface area contributed by atoms with Gasteiger partial charge in [0.1, 0.15) is 10.0 Å². The fourth-order valence-electron chi connectivity index (χ4n) is 1.13. The zero-order chi connectivity index (χ0) is 12.3. The van der Waals surface area contributed by atoms with Crippen molar-refractivity contribution in [1.29, 1.82) is 0 Å². The first-order valence-corrected chi connectivity index (χ1v) is 6.73. The van der Waals surface area contributed by atoms with Crippen molar-refractivity contribution in [2.75, 3.05) is 0 Å². The van der Waals surface area contributed by atoms with Crippen LogP contribution < -0.4 is 0 Å². The predicted molar refractivity (Wildman–Crippen MR) is 67.9 cm³/mol. The van der Waals surface area contributed by atoms with E-state index < -0.39 is 5.97 Å². The average Bonchev–Trinajstić information content (AvgIpc) is 2.73. The van der Waals surface area contributed by atoms with Crippen molar-refractivity contribution in [3.63, 3.8) is 0 Å². The summed E-state index contributed by atoms with van der Waals surface area (Å²) in [5, 5.41) is 12.6. The number of hydrogen-bond acceptors (Lipinski definition) is 5. The van der Waals surface area contributed by atoms with E-state index in [1.807, 2.05) is 0 Å². The standard InChI is InChI=1S/C10H7ClN2O2S2/c11-9-8(12-13-17-9)5-16-7-3-1-6(2-4-7)10(14)15/h1-4H,5H2,(H,14,15). The summed E-state index contributed by atoms with van der Waals surface area (Å²) in [6, 6.07) is 6.68. The van der Waals surface area contributed by atoms with Crippen molar-refractivity contribution in [3.05, 3.63) is 39.9 Å². The minimum Gasteiger partial charge on any atom is -0.478 e. The summed E-state index contributed by atoms with van der Waals surface area (Å²) in [5.74, 6) is -0.296. The molecule has 2 rings (SSSR count). The van der Waals surface area contributed by atoms with E-state index in [0.717, 1.165) is 22.1 Å². The Morgan fingerprint density at radius 1 is 1.41 bits per heavy atom. The smallest absolute Gasteiger partial charge is 0.335 e. The summed E-state index contributed by atoms with van der Waals surface area (Å²) in [6.45, 7) is 0. The van der Waals surface area contributed by atoms with E-state index in [1.165, 1.54) is 11.8 Å². The zero-order valence-electron chi connectivity index (χ0n) is 8.46. The minimum absolute atomic E-state index is 0.280. The van der Waals surface area contributed by atoms with Gasteiger partial charge in [0, 0.05) is 22.2 Å². The molecule has 0 spiro atoms. The third kappa shape index (κ3) is 3.18. The Hall–Kier alpha value is -1.11. The van der Waals surface area contributed by atoms with Gasteiger partial charge in [-0.1, -0.05) is 16.1 Å². The van der Waals surface area contributed by atoms with Crippen LogP contribution in [0, 0.1) is 0 Å². The van der Waals surface area contributed by atoms with Crippen LogP contribution in [0.1, 0.15) is 16.1 Å². The quantitative estimate of drug-likeness (QED) is 0.875. The normalized spacial score (nSPS) is 10.4. The molecule has 0 amide bonds. The Bertz CT molecular complexity index is 527. The molecule has 0 saturated carbocycles. The highest BCUT2D eigenvalue weighted by Gasteiger charge is 2.06. The summed E-state index contributed by atoms with van der Waals surface area (Å²) in [5.41, 5.74) is 1.03. The third-order valence-corrected chi connectivity index (χ3v) is 3.99. The van der Waals surface area contributed by atoms with Gasteiger partial charge in [-0.05, 0) is 24.3 Å². The second-order valence-corrected chi connectivity index (χ2v) is 5.52. The molecule has 4 nitrogen and oxygen atoms in total. The Kier molecular flexibility index (Phi) is 3.98. The van der Waals surface area contributed by atoms with E-state index in [2.05, 4.69) is 9.59 Å². The molecular weight excluding hydrogens is 280 g/mol. The highest BCUT2D eigenvalue weighted by molar-refractivity contribution is 7.98. The van der Waals surface area contributed by atoms with Crippen LogP contribution >= 0.6 is 34.9 Å². The molecule has 1 aromatic heterocycles. The van der Waals surface area contributed by atoms with Gasteiger partial charge in [-0.15, -0.1) is 16.9 Å². The number of nitrogens with zero attached hydrogens (tertiary/aromatic N) is 2. The molecule has 0 aliphatic rings. The molecule has 0 aliphatic heterocycles. The Morgan fingerprint density at radius 2 is 2.12 bits per heavy atom. The van der Waals surface area contributed by atoms with Crippen LogP contribution in [-0.4, -0.2) is 20.7 Å². The number of hydrogen-bond donors (Lipinski definition) is 1. The number of aromatic carboxylic acids is 1. The number of carboxylic acid groups (broad SMARTS) is 1. The second kappa shape index (κ2) is 5.48. The molecule has 7 heteroatoms. The number of rotatable bonds is 4. The monoisotopic (exact) mass is 286 g/mol. The SMILES string of the molecule is O=C(O)c1ccc(SCc2nnsc2Cl)cc1. The lowest BCUT2D eigenvalue weighted by Crippen LogP contribution is -1.94. The van der Waals surface area contributed by atoms with Gasteiger partial charge in [0.25, 0.3) is 0 Å². The fraction of sp³-hybridized carbons (Fsp3) is 0.100. The van der Waals surface area contributed by atoms with Crippen molar-refractivity contribution >= 4 is 40.9 Å². The van der Waals surface area contributed by atoms with E-state index in [-0.39, 0.29) is 5.56 Å². The number of carbonyl (C=O) groups is 1. The zero-order valence-corrected chi connectivity index (χ0v) is 10.8. The van der Waals surface area contributed by atoms with Crippen LogP contribution in [0.3, 0.4) is 0 Å². The largest absolute Gasteiger partial charge is 0.478 e. The van der Waals surface area contributed by atoms with Gasteiger partial charge in [-0.25, -0.2) is 4.79 Å². The average molecular weight is 287 g/mol. The van der Waals surface area contributed by atoms with E-state index in [4.69, 9.17) is 16.7 Å². The summed E-state index contributed by atoms with van der Waals surface area (Å²) < 4.78 is 4.34. The molecule has 1 N–H and O–H groups in total. The summed E-state index contributed by atoms with van der Waals surface area (Å²) in [4.78, 5) is 11.6. The van der Waals surface area contributed by atoms with Crippen LogP contribution in [0.2, 0.25) is 4.34 Å². The predicted octanol–water partition coefficient (Wildman–Crippen LogP) is 3.18. The van der Waals surface area contributed by atoms with Crippen LogP contribution in [0.15, 0.2) is 29.2 Å². The van der Waals surface area contributed by atoms with E-state index in [0.29, 0.717) is 10.1 Å². The van der Waals surface area contributed by atoms with Crippen molar-refractivity contribution in [2.24, 2.45) is 0 Å². The van der Waals surface area contributed by atoms with E-state index >= 15 is 0 Å². The van der Waals surface area contributed by atoms with Gasteiger partial charge in [0.15, 0.2) is 0 Å². The number of halogens is 1. The van der Waals surface area contributed by atoms with Gasteiger partial charge in [0.05, 0.1) is 5.56 Å². The molecule has 88 valence electrons. The second-order valence-electron chi connectivity index (χ2n) is 3.11. The number of benzene rings is 1. The van der Waals surface area contributed by atoms with Gasteiger partial charge >= 0.3 is 5.97 Å². The van der Waals surface area contributed by atoms with Gasteiger partial charge in [0.2, 0.25) is 0 Å². The summed E-state index contributed by atoms with van der Waals surface area (Å²) in [7, 11) is 0. The number of aromatic nitrogens is 2. The lowest BCUT2D eigenvalue weighted by molar-refractivity contribution is 0.0697. The van der Waals surface area contributed by atoms with Crippen molar-refractivity contribution in [2.45, 2.75) is 10.6 Å². The topological polar surface area (TPSA) is 63.1 Å².